The first-order chi connectivity index (χ1) is 7.14. The quantitative estimate of drug-likeness (QED) is 0.754. The smallest absolute Gasteiger partial charge is 0.125 e. The van der Waals surface area contributed by atoms with Crippen molar-refractivity contribution < 1.29 is 5.11 Å². The molecular weight excluding hydrogens is 188 g/mol. The number of aliphatic hydroxyl groups is 1. The van der Waals surface area contributed by atoms with Crippen molar-refractivity contribution in [2.75, 3.05) is 18.5 Å². The second-order valence-corrected chi connectivity index (χ2v) is 4.56. The zero-order chi connectivity index (χ0) is 11.1. The second-order valence-electron chi connectivity index (χ2n) is 4.56. The Morgan fingerprint density at radius 1 is 1.40 bits per heavy atom. The zero-order valence-electron chi connectivity index (χ0n) is 9.53. The van der Waals surface area contributed by atoms with E-state index in [1.807, 2.05) is 18.2 Å². The molecule has 84 valence electrons. The van der Waals surface area contributed by atoms with Gasteiger partial charge in [0.25, 0.3) is 0 Å². The molecule has 15 heavy (non-hydrogen) atoms. The molecule has 0 bridgehead atoms. The van der Waals surface area contributed by atoms with E-state index in [2.05, 4.69) is 24.1 Å². The van der Waals surface area contributed by atoms with Gasteiger partial charge in [0.2, 0.25) is 0 Å². The molecule has 3 heteroatoms. The minimum absolute atomic E-state index is 0.195. The van der Waals surface area contributed by atoms with Crippen molar-refractivity contribution >= 4 is 5.82 Å². The summed E-state index contributed by atoms with van der Waals surface area (Å²) in [5.74, 6) is 0.912. The van der Waals surface area contributed by atoms with Crippen LogP contribution in [-0.4, -0.2) is 23.2 Å². The lowest BCUT2D eigenvalue weighted by atomic mass is 9.88. The summed E-state index contributed by atoms with van der Waals surface area (Å²) in [5, 5.41) is 12.1. The Balaban J connectivity index is 2.35. The number of nitrogens with one attached hydrogen (secondary N) is 1. The fraction of sp³-hybridized carbons (Fsp3) is 0.583. The number of hydrogen-bond acceptors (Lipinski definition) is 3. The van der Waals surface area contributed by atoms with Crippen molar-refractivity contribution in [3.05, 3.63) is 24.4 Å². The fourth-order valence-electron chi connectivity index (χ4n) is 1.44. The normalized spacial score (nSPS) is 11.4. The third kappa shape index (κ3) is 4.79. The van der Waals surface area contributed by atoms with Gasteiger partial charge in [-0.2, -0.15) is 0 Å². The van der Waals surface area contributed by atoms with E-state index in [4.69, 9.17) is 5.11 Å². The Bertz CT molecular complexity index is 272. The number of anilines is 1. The molecule has 1 aromatic rings. The first-order valence-electron chi connectivity index (χ1n) is 5.40. The Hall–Kier alpha value is -1.09. The Kier molecular flexibility index (Phi) is 4.56. The maximum absolute atomic E-state index is 8.78. The third-order valence-corrected chi connectivity index (χ3v) is 2.42. The van der Waals surface area contributed by atoms with Crippen LogP contribution in [0.25, 0.3) is 0 Å². The molecule has 0 aliphatic rings. The molecule has 0 aliphatic heterocycles. The topological polar surface area (TPSA) is 45.1 Å². The summed E-state index contributed by atoms with van der Waals surface area (Å²) in [4.78, 5) is 4.20. The summed E-state index contributed by atoms with van der Waals surface area (Å²) >= 11 is 0. The number of rotatable bonds is 6. The summed E-state index contributed by atoms with van der Waals surface area (Å²) in [6.07, 6.45) is 3.66. The number of pyridine rings is 1. The Morgan fingerprint density at radius 2 is 2.20 bits per heavy atom. The number of aromatic nitrogens is 1. The highest BCUT2D eigenvalue weighted by Gasteiger charge is 2.16. The van der Waals surface area contributed by atoms with E-state index in [1.165, 1.54) is 0 Å². The van der Waals surface area contributed by atoms with Crippen molar-refractivity contribution in [2.24, 2.45) is 5.41 Å². The van der Waals surface area contributed by atoms with Gasteiger partial charge in [-0.15, -0.1) is 0 Å². The predicted octanol–water partition coefficient (Wildman–Crippen LogP) is 2.29. The molecule has 0 unspecified atom stereocenters. The van der Waals surface area contributed by atoms with Crippen molar-refractivity contribution in [1.82, 2.24) is 4.98 Å². The van der Waals surface area contributed by atoms with Gasteiger partial charge in [-0.05, 0) is 30.4 Å². The number of nitrogens with zero attached hydrogens (tertiary/aromatic N) is 1. The van der Waals surface area contributed by atoms with Gasteiger partial charge in [0, 0.05) is 19.3 Å². The Labute approximate surface area is 91.5 Å². The van der Waals surface area contributed by atoms with Crippen molar-refractivity contribution in [2.45, 2.75) is 26.7 Å². The van der Waals surface area contributed by atoms with Gasteiger partial charge in [-0.3, -0.25) is 0 Å². The first kappa shape index (κ1) is 12.0. The molecule has 0 aliphatic carbocycles. The standard InChI is InChI=1S/C12H20N2O/c1-12(2,7-5-9-15)10-14-11-6-3-4-8-13-11/h3-4,6,8,15H,5,7,9-10H2,1-2H3,(H,13,14). The molecule has 1 heterocycles. The van der Waals surface area contributed by atoms with Crippen LogP contribution in [0.1, 0.15) is 26.7 Å². The van der Waals surface area contributed by atoms with Crippen LogP contribution in [0, 0.1) is 5.41 Å². The molecule has 0 atom stereocenters. The Morgan fingerprint density at radius 3 is 2.80 bits per heavy atom. The van der Waals surface area contributed by atoms with E-state index in [0.717, 1.165) is 25.2 Å². The van der Waals surface area contributed by atoms with E-state index in [0.29, 0.717) is 0 Å². The van der Waals surface area contributed by atoms with E-state index >= 15 is 0 Å². The first-order valence-corrected chi connectivity index (χ1v) is 5.40. The summed E-state index contributed by atoms with van der Waals surface area (Å²) in [7, 11) is 0. The molecule has 0 spiro atoms. The third-order valence-electron chi connectivity index (χ3n) is 2.42. The monoisotopic (exact) mass is 208 g/mol. The molecule has 0 aromatic carbocycles. The van der Waals surface area contributed by atoms with E-state index in [-0.39, 0.29) is 12.0 Å². The lowest BCUT2D eigenvalue weighted by Gasteiger charge is -2.24. The molecule has 1 aromatic heterocycles. The molecule has 0 radical (unpaired) electrons. The van der Waals surface area contributed by atoms with Crippen LogP contribution in [-0.2, 0) is 0 Å². The second kappa shape index (κ2) is 5.71. The van der Waals surface area contributed by atoms with E-state index in [1.54, 1.807) is 6.20 Å². The zero-order valence-corrected chi connectivity index (χ0v) is 9.53. The molecule has 0 fully saturated rings. The highest BCUT2D eigenvalue weighted by Crippen LogP contribution is 2.22. The summed E-state index contributed by atoms with van der Waals surface area (Å²) < 4.78 is 0. The van der Waals surface area contributed by atoms with Crippen LogP contribution in [0.2, 0.25) is 0 Å². The number of aliphatic hydroxyl groups excluding tert-OH is 1. The molecule has 3 nitrogen and oxygen atoms in total. The lowest BCUT2D eigenvalue weighted by Crippen LogP contribution is -2.23. The van der Waals surface area contributed by atoms with E-state index < -0.39 is 0 Å². The molecule has 0 amide bonds. The van der Waals surface area contributed by atoms with Gasteiger partial charge >= 0.3 is 0 Å². The van der Waals surface area contributed by atoms with Crippen LogP contribution in [0.3, 0.4) is 0 Å². The summed E-state index contributed by atoms with van der Waals surface area (Å²) in [6.45, 7) is 5.54. The fourth-order valence-corrected chi connectivity index (χ4v) is 1.44. The largest absolute Gasteiger partial charge is 0.396 e. The molecule has 2 N–H and O–H groups in total. The minimum atomic E-state index is 0.195. The average molecular weight is 208 g/mol. The average Bonchev–Trinajstić information content (AvgIpc) is 2.25. The highest BCUT2D eigenvalue weighted by molar-refractivity contribution is 5.33. The van der Waals surface area contributed by atoms with E-state index in [9.17, 15) is 0 Å². The number of hydrogen-bond donors (Lipinski definition) is 2. The van der Waals surface area contributed by atoms with Gasteiger partial charge in [-0.1, -0.05) is 19.9 Å². The maximum atomic E-state index is 8.78. The van der Waals surface area contributed by atoms with Crippen LogP contribution in [0.15, 0.2) is 24.4 Å². The van der Waals surface area contributed by atoms with Crippen molar-refractivity contribution in [3.8, 4) is 0 Å². The molecule has 0 saturated heterocycles. The maximum Gasteiger partial charge on any atom is 0.125 e. The van der Waals surface area contributed by atoms with Crippen molar-refractivity contribution in [1.29, 1.82) is 0 Å². The SMILES string of the molecule is CC(C)(CCCO)CNc1ccccn1. The summed E-state index contributed by atoms with van der Waals surface area (Å²) in [6, 6.07) is 5.83. The van der Waals surface area contributed by atoms with Gasteiger partial charge < -0.3 is 10.4 Å². The lowest BCUT2D eigenvalue weighted by molar-refractivity contribution is 0.248. The van der Waals surface area contributed by atoms with Crippen LogP contribution >= 0.6 is 0 Å². The van der Waals surface area contributed by atoms with Crippen LogP contribution in [0.5, 0.6) is 0 Å². The minimum Gasteiger partial charge on any atom is -0.396 e. The molecule has 0 saturated carbocycles. The molecule has 1 rings (SSSR count). The molecular formula is C12H20N2O. The predicted molar refractivity (Wildman–Crippen MR) is 62.8 cm³/mol. The summed E-state index contributed by atoms with van der Waals surface area (Å²) in [5.41, 5.74) is 0.195. The van der Waals surface area contributed by atoms with Gasteiger partial charge in [-0.25, -0.2) is 4.98 Å². The highest BCUT2D eigenvalue weighted by atomic mass is 16.2. The van der Waals surface area contributed by atoms with Gasteiger partial charge in [0.15, 0.2) is 0 Å². The van der Waals surface area contributed by atoms with Crippen LogP contribution < -0.4 is 5.32 Å². The van der Waals surface area contributed by atoms with Gasteiger partial charge in [0.05, 0.1) is 0 Å². The van der Waals surface area contributed by atoms with Gasteiger partial charge in [0.1, 0.15) is 5.82 Å². The van der Waals surface area contributed by atoms with Crippen LogP contribution in [0.4, 0.5) is 5.82 Å². The van der Waals surface area contributed by atoms with Crippen molar-refractivity contribution in [3.63, 3.8) is 0 Å².